The van der Waals surface area contributed by atoms with E-state index in [9.17, 15) is 14.4 Å². The summed E-state index contributed by atoms with van der Waals surface area (Å²) in [5.74, 6) is -3.46. The van der Waals surface area contributed by atoms with Gasteiger partial charge in [0.1, 0.15) is 0 Å². The number of rotatable bonds is 3. The summed E-state index contributed by atoms with van der Waals surface area (Å²) in [6, 6.07) is 0. The van der Waals surface area contributed by atoms with Gasteiger partial charge in [-0.3, -0.25) is 14.4 Å². The number of carbonyl (C=O) groups excluding carboxylic acids is 3. The highest BCUT2D eigenvalue weighted by atomic mass is 16.7. The van der Waals surface area contributed by atoms with Crippen molar-refractivity contribution >= 4 is 17.9 Å². The fourth-order valence-corrected chi connectivity index (χ4v) is 3.23. The van der Waals surface area contributed by atoms with Crippen LogP contribution in [0, 0.1) is 17.3 Å². The molecule has 22 heavy (non-hydrogen) atoms. The fourth-order valence-electron chi connectivity index (χ4n) is 3.23. The average molecular weight is 312 g/mol. The third-order valence-corrected chi connectivity index (χ3v) is 4.57. The second-order valence-electron chi connectivity index (χ2n) is 6.84. The lowest BCUT2D eigenvalue weighted by molar-refractivity contribution is -0.243. The molecule has 1 saturated heterocycles. The first-order valence-electron chi connectivity index (χ1n) is 7.81. The molecule has 1 saturated carbocycles. The number of cyclic esters (lactones) is 2. The van der Waals surface area contributed by atoms with Crippen molar-refractivity contribution in [2.45, 2.75) is 59.2 Å². The zero-order valence-electron chi connectivity index (χ0n) is 13.6. The second kappa shape index (κ2) is 5.89. The molecule has 0 radical (unpaired) electrons. The highest BCUT2D eigenvalue weighted by Gasteiger charge is 2.50. The Morgan fingerprint density at radius 2 is 1.64 bits per heavy atom. The first kappa shape index (κ1) is 16.8. The first-order chi connectivity index (χ1) is 10.2. The van der Waals surface area contributed by atoms with Gasteiger partial charge in [0, 0.05) is 13.8 Å². The normalized spacial score (nSPS) is 32.1. The van der Waals surface area contributed by atoms with Gasteiger partial charge < -0.3 is 14.2 Å². The molecule has 2 aliphatic rings. The molecule has 0 N–H and O–H groups in total. The topological polar surface area (TPSA) is 78.9 Å². The highest BCUT2D eigenvalue weighted by Crippen LogP contribution is 2.44. The highest BCUT2D eigenvalue weighted by molar-refractivity contribution is 5.97. The monoisotopic (exact) mass is 312 g/mol. The molecule has 0 bridgehead atoms. The quantitative estimate of drug-likeness (QED) is 0.587. The van der Waals surface area contributed by atoms with Gasteiger partial charge in [-0.2, -0.15) is 0 Å². The molecule has 1 aliphatic carbocycles. The predicted molar refractivity (Wildman–Crippen MR) is 76.5 cm³/mol. The van der Waals surface area contributed by atoms with Crippen molar-refractivity contribution in [3.63, 3.8) is 0 Å². The summed E-state index contributed by atoms with van der Waals surface area (Å²) in [6.45, 7) is 7.09. The summed E-state index contributed by atoms with van der Waals surface area (Å²) >= 11 is 0. The van der Waals surface area contributed by atoms with E-state index in [2.05, 4.69) is 0 Å². The van der Waals surface area contributed by atoms with Crippen molar-refractivity contribution in [1.29, 1.82) is 0 Å². The number of carbonyl (C=O) groups is 3. The Morgan fingerprint density at radius 3 is 2.09 bits per heavy atom. The van der Waals surface area contributed by atoms with Crippen LogP contribution in [-0.4, -0.2) is 30.3 Å². The SMILES string of the molecule is CCOC(=O)[C@]1(C)CC[C@H](C2C(=O)OC(C)(C)OC2=O)CC1. The maximum Gasteiger partial charge on any atom is 0.323 e. The van der Waals surface area contributed by atoms with Crippen molar-refractivity contribution in [3.8, 4) is 0 Å². The van der Waals surface area contributed by atoms with Gasteiger partial charge >= 0.3 is 17.9 Å². The standard InChI is InChI=1S/C16H24O6/c1-5-20-14(19)16(4)8-6-10(7-9-16)11-12(17)21-15(2,3)22-13(11)18/h10-11H,5-9H2,1-4H3/t10-,16+. The van der Waals surface area contributed by atoms with Crippen LogP contribution in [0.2, 0.25) is 0 Å². The molecule has 2 rings (SSSR count). The third-order valence-electron chi connectivity index (χ3n) is 4.57. The van der Waals surface area contributed by atoms with Gasteiger partial charge in [-0.1, -0.05) is 0 Å². The molecule has 0 aromatic rings. The van der Waals surface area contributed by atoms with Crippen LogP contribution in [0.15, 0.2) is 0 Å². The Bertz CT molecular complexity index is 453. The Balaban J connectivity index is 2.01. The minimum atomic E-state index is -1.20. The summed E-state index contributed by atoms with van der Waals surface area (Å²) in [7, 11) is 0. The Morgan fingerprint density at radius 1 is 1.14 bits per heavy atom. The van der Waals surface area contributed by atoms with Crippen LogP contribution in [-0.2, 0) is 28.6 Å². The smallest absolute Gasteiger partial charge is 0.323 e. The first-order valence-corrected chi connectivity index (χ1v) is 7.81. The van der Waals surface area contributed by atoms with E-state index in [1.54, 1.807) is 6.92 Å². The van der Waals surface area contributed by atoms with Crippen molar-refractivity contribution in [2.75, 3.05) is 6.61 Å². The van der Waals surface area contributed by atoms with E-state index in [1.165, 1.54) is 13.8 Å². The minimum Gasteiger partial charge on any atom is -0.466 e. The van der Waals surface area contributed by atoms with Gasteiger partial charge in [0.05, 0.1) is 12.0 Å². The molecule has 0 aromatic carbocycles. The lowest BCUT2D eigenvalue weighted by Gasteiger charge is -2.40. The largest absolute Gasteiger partial charge is 0.466 e. The lowest BCUT2D eigenvalue weighted by Crippen LogP contribution is -2.50. The third kappa shape index (κ3) is 3.25. The van der Waals surface area contributed by atoms with Crippen molar-refractivity contribution in [3.05, 3.63) is 0 Å². The summed E-state index contributed by atoms with van der Waals surface area (Å²) in [5.41, 5.74) is -0.533. The zero-order valence-corrected chi connectivity index (χ0v) is 13.6. The van der Waals surface area contributed by atoms with Crippen LogP contribution >= 0.6 is 0 Å². The molecule has 1 heterocycles. The van der Waals surface area contributed by atoms with Crippen LogP contribution < -0.4 is 0 Å². The van der Waals surface area contributed by atoms with Crippen LogP contribution in [0.4, 0.5) is 0 Å². The van der Waals surface area contributed by atoms with Gasteiger partial charge in [-0.05, 0) is 45.4 Å². The lowest BCUT2D eigenvalue weighted by atomic mass is 9.68. The molecule has 6 nitrogen and oxygen atoms in total. The average Bonchev–Trinajstić information content (AvgIpc) is 2.39. The predicted octanol–water partition coefficient (Wildman–Crippen LogP) is 2.20. The van der Waals surface area contributed by atoms with E-state index in [0.29, 0.717) is 32.3 Å². The zero-order chi connectivity index (χ0) is 16.5. The van der Waals surface area contributed by atoms with Gasteiger partial charge in [-0.25, -0.2) is 0 Å². The Kier molecular flexibility index (Phi) is 4.49. The van der Waals surface area contributed by atoms with E-state index in [4.69, 9.17) is 14.2 Å². The van der Waals surface area contributed by atoms with Crippen molar-refractivity contribution in [2.24, 2.45) is 17.3 Å². The summed E-state index contributed by atoms with van der Waals surface area (Å²) in [4.78, 5) is 36.2. The van der Waals surface area contributed by atoms with Crippen LogP contribution in [0.5, 0.6) is 0 Å². The summed E-state index contributed by atoms with van der Waals surface area (Å²) in [6.07, 6.45) is 2.39. The van der Waals surface area contributed by atoms with E-state index in [-0.39, 0.29) is 11.9 Å². The van der Waals surface area contributed by atoms with Crippen LogP contribution in [0.3, 0.4) is 0 Å². The molecule has 0 unspecified atom stereocenters. The van der Waals surface area contributed by atoms with E-state index < -0.39 is 29.1 Å². The number of ether oxygens (including phenoxy) is 3. The van der Waals surface area contributed by atoms with Crippen LogP contribution in [0.1, 0.15) is 53.4 Å². The molecule has 0 aromatic heterocycles. The maximum atomic E-state index is 12.1. The minimum absolute atomic E-state index is 0.140. The number of esters is 3. The van der Waals surface area contributed by atoms with E-state index in [0.717, 1.165) is 0 Å². The summed E-state index contributed by atoms with van der Waals surface area (Å²) < 4.78 is 15.5. The Hall–Kier alpha value is -1.59. The molecular weight excluding hydrogens is 288 g/mol. The maximum absolute atomic E-state index is 12.1. The summed E-state index contributed by atoms with van der Waals surface area (Å²) in [5, 5.41) is 0. The number of hydrogen-bond donors (Lipinski definition) is 0. The molecule has 124 valence electrons. The number of hydrogen-bond acceptors (Lipinski definition) is 6. The molecule has 2 fully saturated rings. The van der Waals surface area contributed by atoms with Gasteiger partial charge in [-0.15, -0.1) is 0 Å². The molecule has 0 spiro atoms. The van der Waals surface area contributed by atoms with E-state index in [1.807, 2.05) is 6.92 Å². The molecule has 1 aliphatic heterocycles. The molecule has 0 atom stereocenters. The Labute approximate surface area is 130 Å². The molecule has 0 amide bonds. The van der Waals surface area contributed by atoms with Crippen molar-refractivity contribution < 1.29 is 28.6 Å². The second-order valence-corrected chi connectivity index (χ2v) is 6.84. The van der Waals surface area contributed by atoms with E-state index >= 15 is 0 Å². The van der Waals surface area contributed by atoms with Gasteiger partial charge in [0.25, 0.3) is 5.79 Å². The van der Waals surface area contributed by atoms with Gasteiger partial charge in [0.15, 0.2) is 5.92 Å². The van der Waals surface area contributed by atoms with Crippen molar-refractivity contribution in [1.82, 2.24) is 0 Å². The molecule has 6 heteroatoms. The fraction of sp³-hybridized carbons (Fsp3) is 0.812. The van der Waals surface area contributed by atoms with Gasteiger partial charge in [0.2, 0.25) is 0 Å². The molecular formula is C16H24O6. The van der Waals surface area contributed by atoms with Crippen LogP contribution in [0.25, 0.3) is 0 Å².